The summed E-state index contributed by atoms with van der Waals surface area (Å²) >= 11 is 0. The van der Waals surface area contributed by atoms with Crippen LogP contribution < -0.4 is 5.43 Å². The van der Waals surface area contributed by atoms with Crippen LogP contribution in [0.2, 0.25) is 0 Å². The Morgan fingerprint density at radius 1 is 0.862 bits per heavy atom. The van der Waals surface area contributed by atoms with Gasteiger partial charge in [-0.15, -0.1) is 4.98 Å². The summed E-state index contributed by atoms with van der Waals surface area (Å²) in [6.07, 6.45) is 1.61. The van der Waals surface area contributed by atoms with Crippen molar-refractivity contribution >= 4 is 27.8 Å². The molecule has 0 spiro atoms. The number of benzene rings is 2. The SMILES string of the molecule is [C-]#[N+]c1ccc2cc(-c3cc4c(=O)cc[nH]c4nc3-c3ccccc3)ccc2n1. The lowest BCUT2D eigenvalue weighted by molar-refractivity contribution is 1.28. The van der Waals surface area contributed by atoms with Gasteiger partial charge in [-0.25, -0.2) is 4.98 Å². The monoisotopic (exact) mass is 374 g/mol. The summed E-state index contributed by atoms with van der Waals surface area (Å²) < 4.78 is 0. The zero-order valence-electron chi connectivity index (χ0n) is 15.3. The second-order valence-corrected chi connectivity index (χ2v) is 6.68. The predicted octanol–water partition coefficient (Wildman–Crippen LogP) is 5.36. The zero-order valence-corrected chi connectivity index (χ0v) is 15.3. The van der Waals surface area contributed by atoms with Gasteiger partial charge in [0.1, 0.15) is 5.65 Å². The first-order valence-electron chi connectivity index (χ1n) is 9.09. The Balaban J connectivity index is 1.81. The van der Waals surface area contributed by atoms with Crippen molar-refractivity contribution in [1.29, 1.82) is 0 Å². The highest BCUT2D eigenvalue weighted by Gasteiger charge is 2.14. The molecule has 3 aromatic heterocycles. The summed E-state index contributed by atoms with van der Waals surface area (Å²) in [6, 6.07) is 22.8. The fraction of sp³-hybridized carbons (Fsp3) is 0. The maximum Gasteiger partial charge on any atom is 0.270 e. The van der Waals surface area contributed by atoms with Gasteiger partial charge in [0.05, 0.1) is 11.1 Å². The van der Waals surface area contributed by atoms with Gasteiger partial charge in [-0.1, -0.05) is 43.0 Å². The van der Waals surface area contributed by atoms with Gasteiger partial charge in [0.15, 0.2) is 10.9 Å². The number of H-pyrrole nitrogens is 1. The molecule has 0 saturated carbocycles. The lowest BCUT2D eigenvalue weighted by Gasteiger charge is -2.11. The lowest BCUT2D eigenvalue weighted by Crippen LogP contribution is -2.03. The number of rotatable bonds is 2. The van der Waals surface area contributed by atoms with E-state index < -0.39 is 0 Å². The van der Waals surface area contributed by atoms with E-state index >= 15 is 0 Å². The van der Waals surface area contributed by atoms with Gasteiger partial charge >= 0.3 is 0 Å². The molecule has 5 heteroatoms. The van der Waals surface area contributed by atoms with Crippen molar-refractivity contribution in [3.05, 3.63) is 101 Å². The van der Waals surface area contributed by atoms with Gasteiger partial charge in [-0.3, -0.25) is 4.79 Å². The standard InChI is InChI=1S/C24H14N4O/c1-25-22-10-8-17-13-16(7-9-20(17)27-22)18-14-19-21(29)11-12-26-24(19)28-23(18)15-5-3-2-4-6-15/h2-14H,(H,26,28,29). The summed E-state index contributed by atoms with van der Waals surface area (Å²) in [7, 11) is 0. The molecule has 0 atom stereocenters. The molecule has 0 aliphatic heterocycles. The Morgan fingerprint density at radius 2 is 1.72 bits per heavy atom. The first kappa shape index (κ1) is 16.8. The molecule has 3 heterocycles. The minimum absolute atomic E-state index is 0.0729. The third-order valence-corrected chi connectivity index (χ3v) is 4.89. The Labute approximate surface area is 166 Å². The second-order valence-electron chi connectivity index (χ2n) is 6.68. The Hall–Kier alpha value is -4.30. The van der Waals surface area contributed by atoms with Crippen LogP contribution in [0.3, 0.4) is 0 Å². The Morgan fingerprint density at radius 3 is 2.55 bits per heavy atom. The molecule has 5 rings (SSSR count). The van der Waals surface area contributed by atoms with Crippen molar-refractivity contribution in [2.24, 2.45) is 0 Å². The van der Waals surface area contributed by atoms with Crippen molar-refractivity contribution in [3.63, 3.8) is 0 Å². The van der Waals surface area contributed by atoms with Crippen LogP contribution in [0.25, 0.3) is 49.2 Å². The normalized spacial score (nSPS) is 10.9. The molecule has 0 aliphatic carbocycles. The van der Waals surface area contributed by atoms with E-state index in [9.17, 15) is 4.79 Å². The van der Waals surface area contributed by atoms with Crippen molar-refractivity contribution in [2.45, 2.75) is 0 Å². The smallest absolute Gasteiger partial charge is 0.270 e. The molecule has 136 valence electrons. The topological polar surface area (TPSA) is 63.0 Å². The van der Waals surface area contributed by atoms with Crippen molar-refractivity contribution in [2.75, 3.05) is 0 Å². The van der Waals surface area contributed by atoms with E-state index in [0.29, 0.717) is 16.9 Å². The third-order valence-electron chi connectivity index (χ3n) is 4.89. The third kappa shape index (κ3) is 2.93. The van der Waals surface area contributed by atoms with Crippen LogP contribution in [0.15, 0.2) is 83.8 Å². The van der Waals surface area contributed by atoms with Crippen molar-refractivity contribution < 1.29 is 0 Å². The van der Waals surface area contributed by atoms with Gasteiger partial charge in [0.2, 0.25) is 0 Å². The van der Waals surface area contributed by atoms with E-state index in [1.165, 1.54) is 6.07 Å². The number of hydrogen-bond donors (Lipinski definition) is 1. The quantitative estimate of drug-likeness (QED) is 0.423. The minimum Gasteiger partial charge on any atom is -0.361 e. The molecule has 29 heavy (non-hydrogen) atoms. The lowest BCUT2D eigenvalue weighted by atomic mass is 9.97. The zero-order chi connectivity index (χ0) is 19.8. The second kappa shape index (κ2) is 6.70. The van der Waals surface area contributed by atoms with E-state index in [1.54, 1.807) is 12.3 Å². The summed E-state index contributed by atoms with van der Waals surface area (Å²) in [5, 5.41) is 1.47. The van der Waals surface area contributed by atoms with Gasteiger partial charge in [0, 0.05) is 28.8 Å². The van der Waals surface area contributed by atoms with Gasteiger partial charge in [-0.2, -0.15) is 0 Å². The van der Waals surface area contributed by atoms with E-state index in [1.807, 2.05) is 60.7 Å². The van der Waals surface area contributed by atoms with Crippen LogP contribution in [0, 0.1) is 6.57 Å². The molecular formula is C24H14N4O. The Bertz CT molecular complexity index is 1480. The number of hydrogen-bond acceptors (Lipinski definition) is 3. The van der Waals surface area contributed by atoms with E-state index in [2.05, 4.69) is 14.8 Å². The summed E-state index contributed by atoms with van der Waals surface area (Å²) in [6.45, 7) is 7.14. The molecule has 0 radical (unpaired) electrons. The molecule has 5 nitrogen and oxygen atoms in total. The van der Waals surface area contributed by atoms with E-state index in [-0.39, 0.29) is 5.43 Å². The highest BCUT2D eigenvalue weighted by Crippen LogP contribution is 2.34. The molecule has 0 saturated heterocycles. The van der Waals surface area contributed by atoms with E-state index in [0.717, 1.165) is 33.3 Å². The van der Waals surface area contributed by atoms with Crippen LogP contribution in [-0.2, 0) is 0 Å². The first-order valence-corrected chi connectivity index (χ1v) is 9.09. The molecule has 0 bridgehead atoms. The highest BCUT2D eigenvalue weighted by atomic mass is 16.1. The average Bonchev–Trinajstić information content (AvgIpc) is 2.78. The molecular weight excluding hydrogens is 360 g/mol. The Kier molecular flexibility index (Phi) is 3.89. The molecule has 1 N–H and O–H groups in total. The van der Waals surface area contributed by atoms with Crippen LogP contribution in [0.1, 0.15) is 0 Å². The van der Waals surface area contributed by atoms with Crippen LogP contribution in [0.4, 0.5) is 5.82 Å². The fourth-order valence-electron chi connectivity index (χ4n) is 3.48. The van der Waals surface area contributed by atoms with Crippen LogP contribution in [-0.4, -0.2) is 15.0 Å². The molecule has 0 fully saturated rings. The molecule has 5 aromatic rings. The predicted molar refractivity (Wildman–Crippen MR) is 115 cm³/mol. The molecule has 0 aliphatic rings. The van der Waals surface area contributed by atoms with Crippen LogP contribution >= 0.6 is 0 Å². The maximum atomic E-state index is 12.4. The minimum atomic E-state index is -0.0729. The average molecular weight is 374 g/mol. The molecule has 0 amide bonds. The van der Waals surface area contributed by atoms with Crippen LogP contribution in [0.5, 0.6) is 0 Å². The summed E-state index contributed by atoms with van der Waals surface area (Å²) in [5.74, 6) is 0.370. The number of fused-ring (bicyclic) bond motifs is 2. The number of nitrogens with one attached hydrogen (secondary N) is 1. The molecule has 0 unspecified atom stereocenters. The summed E-state index contributed by atoms with van der Waals surface area (Å²) in [4.78, 5) is 28.0. The van der Waals surface area contributed by atoms with Gasteiger partial charge < -0.3 is 9.83 Å². The van der Waals surface area contributed by atoms with Gasteiger partial charge in [0.25, 0.3) is 5.82 Å². The van der Waals surface area contributed by atoms with Crippen molar-refractivity contribution in [1.82, 2.24) is 15.0 Å². The van der Waals surface area contributed by atoms with Crippen molar-refractivity contribution in [3.8, 4) is 22.4 Å². The van der Waals surface area contributed by atoms with E-state index in [4.69, 9.17) is 11.6 Å². The van der Waals surface area contributed by atoms with Gasteiger partial charge in [-0.05, 0) is 35.9 Å². The first-order chi connectivity index (χ1) is 14.2. The maximum absolute atomic E-state index is 12.4. The largest absolute Gasteiger partial charge is 0.361 e. The summed E-state index contributed by atoms with van der Waals surface area (Å²) in [5.41, 5.74) is 4.82. The number of pyridine rings is 3. The number of nitrogens with zero attached hydrogens (tertiary/aromatic N) is 3. The number of aromatic amines is 1. The molecule has 2 aromatic carbocycles. The highest BCUT2D eigenvalue weighted by molar-refractivity contribution is 5.93. The number of aromatic nitrogens is 3. The fourth-order valence-corrected chi connectivity index (χ4v) is 3.48.